The Hall–Kier alpha value is -2.20. The normalized spacial score (nSPS) is 18.5. The maximum atomic E-state index is 12.6. The van der Waals surface area contributed by atoms with Gasteiger partial charge in [-0.25, -0.2) is 0 Å². The lowest BCUT2D eigenvalue weighted by atomic mass is 10.0. The van der Waals surface area contributed by atoms with Gasteiger partial charge >= 0.3 is 0 Å². The zero-order valence-electron chi connectivity index (χ0n) is 11.8. The first-order valence-corrected chi connectivity index (χ1v) is 7.17. The van der Waals surface area contributed by atoms with E-state index in [1.54, 1.807) is 18.5 Å². The number of aromatic nitrogens is 1. The third-order valence-electron chi connectivity index (χ3n) is 3.71. The molecule has 0 bridgehead atoms. The number of rotatable bonds is 3. The molecule has 1 aliphatic rings. The maximum absolute atomic E-state index is 12.6. The molecule has 0 saturated carbocycles. The minimum atomic E-state index is 0.0346. The molecule has 1 aliphatic heterocycles. The van der Waals surface area contributed by atoms with Gasteiger partial charge in [0, 0.05) is 18.9 Å². The van der Waals surface area contributed by atoms with Crippen LogP contribution >= 0.6 is 0 Å². The average Bonchev–Trinajstić information content (AvgIpc) is 2.56. The molecule has 1 amide bonds. The van der Waals surface area contributed by atoms with Crippen molar-refractivity contribution in [3.8, 4) is 0 Å². The van der Waals surface area contributed by atoms with Gasteiger partial charge in [0.15, 0.2) is 0 Å². The molecule has 21 heavy (non-hydrogen) atoms. The molecule has 1 unspecified atom stereocenters. The van der Waals surface area contributed by atoms with Crippen LogP contribution in [0.25, 0.3) is 0 Å². The Balaban J connectivity index is 1.77. The molecule has 1 aromatic carbocycles. The third-order valence-corrected chi connectivity index (χ3v) is 3.71. The van der Waals surface area contributed by atoms with Crippen LogP contribution in [0.15, 0.2) is 54.9 Å². The molecule has 0 radical (unpaired) electrons. The van der Waals surface area contributed by atoms with Crippen molar-refractivity contribution in [2.45, 2.75) is 12.5 Å². The molecule has 1 saturated heterocycles. The second kappa shape index (κ2) is 6.50. The smallest absolute Gasteiger partial charge is 0.255 e. The molecule has 4 heteroatoms. The van der Waals surface area contributed by atoms with Gasteiger partial charge in [-0.05, 0) is 24.1 Å². The summed E-state index contributed by atoms with van der Waals surface area (Å²) in [4.78, 5) is 18.6. The minimum Gasteiger partial charge on any atom is -0.377 e. The molecule has 4 nitrogen and oxygen atoms in total. The standard InChI is InChI=1S/C17H18N2O2/c20-17(15-7-4-8-18-12-15)19-9-10-21-13-16(19)11-14-5-2-1-3-6-14/h1-8,12,16H,9-11,13H2. The lowest BCUT2D eigenvalue weighted by Gasteiger charge is -2.35. The van der Waals surface area contributed by atoms with Gasteiger partial charge in [0.1, 0.15) is 0 Å². The predicted octanol–water partition coefficient (Wildman–Crippen LogP) is 2.17. The van der Waals surface area contributed by atoms with Crippen molar-refractivity contribution in [1.29, 1.82) is 0 Å². The van der Waals surface area contributed by atoms with Crippen LogP contribution in [-0.4, -0.2) is 41.6 Å². The summed E-state index contributed by atoms with van der Waals surface area (Å²) in [6.45, 7) is 1.81. The van der Waals surface area contributed by atoms with E-state index in [0.29, 0.717) is 25.3 Å². The summed E-state index contributed by atoms with van der Waals surface area (Å²) in [7, 11) is 0. The second-order valence-corrected chi connectivity index (χ2v) is 5.16. The van der Waals surface area contributed by atoms with Gasteiger partial charge in [-0.1, -0.05) is 30.3 Å². The van der Waals surface area contributed by atoms with E-state index < -0.39 is 0 Å². The van der Waals surface area contributed by atoms with Crippen LogP contribution in [0.3, 0.4) is 0 Å². The number of hydrogen-bond donors (Lipinski definition) is 0. The van der Waals surface area contributed by atoms with Gasteiger partial charge in [0.05, 0.1) is 24.8 Å². The van der Waals surface area contributed by atoms with E-state index in [0.717, 1.165) is 6.42 Å². The monoisotopic (exact) mass is 282 g/mol. The number of ether oxygens (including phenoxy) is 1. The van der Waals surface area contributed by atoms with Crippen LogP contribution in [-0.2, 0) is 11.2 Å². The van der Waals surface area contributed by atoms with Crippen LogP contribution in [0.5, 0.6) is 0 Å². The fourth-order valence-corrected chi connectivity index (χ4v) is 2.63. The minimum absolute atomic E-state index is 0.0346. The van der Waals surface area contributed by atoms with E-state index in [1.165, 1.54) is 5.56 Å². The summed E-state index contributed by atoms with van der Waals surface area (Å²) in [5.74, 6) is 0.0346. The summed E-state index contributed by atoms with van der Waals surface area (Å²) in [6.07, 6.45) is 4.11. The van der Waals surface area contributed by atoms with E-state index in [1.807, 2.05) is 29.2 Å². The van der Waals surface area contributed by atoms with Crippen LogP contribution < -0.4 is 0 Å². The molecule has 1 atom stereocenters. The number of amides is 1. The van der Waals surface area contributed by atoms with Crippen molar-refractivity contribution in [1.82, 2.24) is 9.88 Å². The Labute approximate surface area is 124 Å². The first-order chi connectivity index (χ1) is 10.3. The van der Waals surface area contributed by atoms with E-state index in [2.05, 4.69) is 17.1 Å². The zero-order chi connectivity index (χ0) is 14.5. The molecular weight excluding hydrogens is 264 g/mol. The van der Waals surface area contributed by atoms with Crippen molar-refractivity contribution in [2.75, 3.05) is 19.8 Å². The molecule has 0 spiro atoms. The summed E-state index contributed by atoms with van der Waals surface area (Å²) in [5.41, 5.74) is 1.86. The van der Waals surface area contributed by atoms with Crippen molar-refractivity contribution in [3.63, 3.8) is 0 Å². The molecule has 2 heterocycles. The first-order valence-electron chi connectivity index (χ1n) is 7.17. The number of carbonyl (C=O) groups excluding carboxylic acids is 1. The first kappa shape index (κ1) is 13.8. The zero-order valence-corrected chi connectivity index (χ0v) is 11.8. The van der Waals surface area contributed by atoms with E-state index in [-0.39, 0.29) is 11.9 Å². The Morgan fingerprint density at radius 2 is 2.10 bits per heavy atom. The predicted molar refractivity (Wildman–Crippen MR) is 80.0 cm³/mol. The lowest BCUT2D eigenvalue weighted by molar-refractivity contribution is -0.00166. The van der Waals surface area contributed by atoms with E-state index in [4.69, 9.17) is 4.74 Å². The topological polar surface area (TPSA) is 42.4 Å². The van der Waals surface area contributed by atoms with E-state index >= 15 is 0 Å². The van der Waals surface area contributed by atoms with Gasteiger partial charge in [0.25, 0.3) is 5.91 Å². The summed E-state index contributed by atoms with van der Waals surface area (Å²) in [5, 5.41) is 0. The van der Waals surface area contributed by atoms with Gasteiger partial charge in [-0.2, -0.15) is 0 Å². The highest BCUT2D eigenvalue weighted by atomic mass is 16.5. The Bertz CT molecular complexity index is 586. The Kier molecular flexibility index (Phi) is 4.26. The van der Waals surface area contributed by atoms with Crippen LogP contribution in [0.2, 0.25) is 0 Å². The van der Waals surface area contributed by atoms with Crippen molar-refractivity contribution < 1.29 is 9.53 Å². The van der Waals surface area contributed by atoms with Crippen molar-refractivity contribution >= 4 is 5.91 Å². The summed E-state index contributed by atoms with van der Waals surface area (Å²) >= 11 is 0. The fraction of sp³-hybridized carbons (Fsp3) is 0.294. The SMILES string of the molecule is O=C(c1cccnc1)N1CCOCC1Cc1ccccc1. The number of nitrogens with zero attached hydrogens (tertiary/aromatic N) is 2. The van der Waals surface area contributed by atoms with Gasteiger partial charge in [-0.15, -0.1) is 0 Å². The van der Waals surface area contributed by atoms with Crippen molar-refractivity contribution in [2.24, 2.45) is 0 Å². The molecule has 1 fully saturated rings. The average molecular weight is 282 g/mol. The number of carbonyl (C=O) groups is 1. The molecule has 0 N–H and O–H groups in total. The fourth-order valence-electron chi connectivity index (χ4n) is 2.63. The van der Waals surface area contributed by atoms with Crippen LogP contribution in [0.1, 0.15) is 15.9 Å². The number of hydrogen-bond acceptors (Lipinski definition) is 3. The van der Waals surface area contributed by atoms with Crippen molar-refractivity contribution in [3.05, 3.63) is 66.0 Å². The van der Waals surface area contributed by atoms with Crippen LogP contribution in [0, 0.1) is 0 Å². The molecular formula is C17H18N2O2. The quantitative estimate of drug-likeness (QED) is 0.866. The van der Waals surface area contributed by atoms with Crippen LogP contribution in [0.4, 0.5) is 0 Å². The molecule has 3 rings (SSSR count). The lowest BCUT2D eigenvalue weighted by Crippen LogP contribution is -2.49. The Morgan fingerprint density at radius 1 is 1.24 bits per heavy atom. The Morgan fingerprint density at radius 3 is 2.86 bits per heavy atom. The largest absolute Gasteiger partial charge is 0.377 e. The summed E-state index contributed by atoms with van der Waals surface area (Å²) in [6, 6.07) is 13.9. The maximum Gasteiger partial charge on any atom is 0.255 e. The third kappa shape index (κ3) is 3.28. The highest BCUT2D eigenvalue weighted by Gasteiger charge is 2.28. The highest BCUT2D eigenvalue weighted by molar-refractivity contribution is 5.94. The molecule has 1 aromatic heterocycles. The molecule has 0 aliphatic carbocycles. The van der Waals surface area contributed by atoms with Gasteiger partial charge < -0.3 is 9.64 Å². The van der Waals surface area contributed by atoms with E-state index in [9.17, 15) is 4.79 Å². The highest BCUT2D eigenvalue weighted by Crippen LogP contribution is 2.16. The second-order valence-electron chi connectivity index (χ2n) is 5.16. The number of pyridine rings is 1. The van der Waals surface area contributed by atoms with Gasteiger partial charge in [0.2, 0.25) is 0 Å². The number of morpholine rings is 1. The van der Waals surface area contributed by atoms with Gasteiger partial charge in [-0.3, -0.25) is 9.78 Å². The molecule has 2 aromatic rings. The number of benzene rings is 1. The summed E-state index contributed by atoms with van der Waals surface area (Å²) < 4.78 is 5.56. The molecule has 108 valence electrons.